The van der Waals surface area contributed by atoms with Gasteiger partial charge in [0.05, 0.1) is 18.8 Å². The summed E-state index contributed by atoms with van der Waals surface area (Å²) in [6.07, 6.45) is 0.225. The van der Waals surface area contributed by atoms with Gasteiger partial charge in [-0.2, -0.15) is 0 Å². The molecule has 1 aromatic carbocycles. The summed E-state index contributed by atoms with van der Waals surface area (Å²) in [5.74, 6) is -5.60. The molecule has 0 unspecified atom stereocenters. The standard InChI is InChI=1S/C35H53N7O11/c1-18(2)15-24(30(47)40-28(20(4)44)34(51)42-14-6-8-27(42)32(49)39-25(17-43)35(52)53)38-31(48)26-7-5-13-41(26)33(50)19(3)37-29(46)23(36)16-21-9-11-22(45)12-10-21/h9-12,18-20,23-28,43-45H,5-8,13-17,36H2,1-4H3,(H,37,46)(H,38,48)(H,39,49)(H,40,47)(H,52,53)/t19-,20+,23-,24-,25-,26-,27-,28-/m0/s1. The Kier molecular flexibility index (Phi) is 15.5. The zero-order valence-electron chi connectivity index (χ0n) is 30.5. The van der Waals surface area contributed by atoms with Crippen molar-refractivity contribution < 1.29 is 54.0 Å². The summed E-state index contributed by atoms with van der Waals surface area (Å²) in [6, 6.07) is -2.15. The Morgan fingerprint density at radius 1 is 0.792 bits per heavy atom. The first-order valence-corrected chi connectivity index (χ1v) is 17.8. The number of carbonyl (C=O) groups excluding carboxylic acids is 6. The molecule has 0 aliphatic carbocycles. The largest absolute Gasteiger partial charge is 0.508 e. The number of benzene rings is 1. The number of hydrogen-bond acceptors (Lipinski definition) is 11. The molecule has 2 aliphatic heterocycles. The lowest BCUT2D eigenvalue weighted by molar-refractivity contribution is -0.147. The SMILES string of the molecule is CC(C)C[C@H](NC(=O)[C@@H]1CCCN1C(=O)[C@H](C)NC(=O)[C@@H](N)Cc1ccc(O)cc1)C(=O)N[C@H](C(=O)N1CCC[C@H]1C(=O)N[C@@H](CO)C(=O)O)[C@@H](C)O. The number of carboxylic acids is 1. The van der Waals surface area contributed by atoms with Crippen LogP contribution in [0.1, 0.15) is 65.4 Å². The molecule has 53 heavy (non-hydrogen) atoms. The van der Waals surface area contributed by atoms with Crippen molar-refractivity contribution in [2.24, 2.45) is 11.7 Å². The minimum atomic E-state index is -1.58. The summed E-state index contributed by atoms with van der Waals surface area (Å²) in [4.78, 5) is 93.8. The quantitative estimate of drug-likeness (QED) is 0.0815. The van der Waals surface area contributed by atoms with Gasteiger partial charge < -0.3 is 57.2 Å². The lowest BCUT2D eigenvalue weighted by Crippen LogP contribution is -2.61. The molecular weight excluding hydrogens is 694 g/mol. The highest BCUT2D eigenvalue weighted by atomic mass is 16.4. The summed E-state index contributed by atoms with van der Waals surface area (Å²) >= 11 is 0. The van der Waals surface area contributed by atoms with Gasteiger partial charge in [0.1, 0.15) is 42.0 Å². The molecule has 0 spiro atoms. The fourth-order valence-electron chi connectivity index (χ4n) is 6.46. The van der Waals surface area contributed by atoms with Gasteiger partial charge in [0, 0.05) is 13.1 Å². The molecule has 2 heterocycles. The third-order valence-electron chi connectivity index (χ3n) is 9.32. The second-order valence-corrected chi connectivity index (χ2v) is 14.1. The van der Waals surface area contributed by atoms with Crippen molar-refractivity contribution in [2.75, 3.05) is 19.7 Å². The number of phenolic OH excluding ortho intramolecular Hbond substituents is 1. The fraction of sp³-hybridized carbons (Fsp3) is 0.629. The predicted molar refractivity (Wildman–Crippen MR) is 189 cm³/mol. The maximum Gasteiger partial charge on any atom is 0.328 e. The van der Waals surface area contributed by atoms with E-state index in [-0.39, 0.29) is 44.0 Å². The highest BCUT2D eigenvalue weighted by Crippen LogP contribution is 2.22. The number of rotatable bonds is 17. The first-order valence-electron chi connectivity index (χ1n) is 17.8. The maximum absolute atomic E-state index is 13.7. The van der Waals surface area contributed by atoms with Crippen LogP contribution in [0.15, 0.2) is 24.3 Å². The van der Waals surface area contributed by atoms with Crippen molar-refractivity contribution in [1.29, 1.82) is 0 Å². The Bertz CT molecular complexity index is 1490. The molecule has 0 saturated carbocycles. The van der Waals surface area contributed by atoms with Crippen molar-refractivity contribution in [3.05, 3.63) is 29.8 Å². The second-order valence-electron chi connectivity index (χ2n) is 14.1. The Morgan fingerprint density at radius 2 is 1.32 bits per heavy atom. The van der Waals surface area contributed by atoms with Gasteiger partial charge in [0.25, 0.3) is 0 Å². The maximum atomic E-state index is 13.7. The number of aromatic hydroxyl groups is 1. The molecule has 2 aliphatic rings. The highest BCUT2D eigenvalue weighted by Gasteiger charge is 2.42. The number of carbonyl (C=O) groups is 7. The number of nitrogens with zero attached hydrogens (tertiary/aromatic N) is 2. The Morgan fingerprint density at radius 3 is 1.81 bits per heavy atom. The van der Waals surface area contributed by atoms with Gasteiger partial charge in [-0.15, -0.1) is 0 Å². The van der Waals surface area contributed by atoms with Crippen molar-refractivity contribution in [3.8, 4) is 5.75 Å². The van der Waals surface area contributed by atoms with Crippen LogP contribution in [0.4, 0.5) is 0 Å². The number of nitrogens with one attached hydrogen (secondary N) is 4. The van der Waals surface area contributed by atoms with Gasteiger partial charge in [0.15, 0.2) is 0 Å². The van der Waals surface area contributed by atoms with Crippen molar-refractivity contribution in [1.82, 2.24) is 31.1 Å². The van der Waals surface area contributed by atoms with Gasteiger partial charge in [-0.3, -0.25) is 28.8 Å². The molecular formula is C35H53N7O11. The Balaban J connectivity index is 1.67. The molecule has 2 fully saturated rings. The van der Waals surface area contributed by atoms with E-state index in [1.165, 1.54) is 30.9 Å². The number of amides is 6. The zero-order chi connectivity index (χ0) is 39.6. The second kappa shape index (κ2) is 19.3. The number of hydrogen-bond donors (Lipinski definition) is 9. The predicted octanol–water partition coefficient (Wildman–Crippen LogP) is -2.29. The molecule has 8 atom stereocenters. The number of aliphatic hydroxyl groups is 2. The van der Waals surface area contributed by atoms with Gasteiger partial charge in [0.2, 0.25) is 35.4 Å². The van der Waals surface area contributed by atoms with Gasteiger partial charge >= 0.3 is 5.97 Å². The first kappa shape index (κ1) is 42.6. The smallest absolute Gasteiger partial charge is 0.328 e. The van der Waals surface area contributed by atoms with E-state index in [1.807, 2.05) is 13.8 Å². The fourth-order valence-corrected chi connectivity index (χ4v) is 6.46. The van der Waals surface area contributed by atoms with E-state index in [0.29, 0.717) is 24.8 Å². The van der Waals surface area contributed by atoms with Crippen LogP contribution in [0.2, 0.25) is 0 Å². The molecule has 10 N–H and O–H groups in total. The molecule has 0 bridgehead atoms. The van der Waals surface area contributed by atoms with Crippen LogP contribution in [-0.2, 0) is 40.0 Å². The van der Waals surface area contributed by atoms with Crippen LogP contribution in [0.25, 0.3) is 0 Å². The molecule has 18 heteroatoms. The van der Waals surface area contributed by atoms with Crippen LogP contribution >= 0.6 is 0 Å². The number of carboxylic acid groups (broad SMARTS) is 1. The molecule has 3 rings (SSSR count). The highest BCUT2D eigenvalue weighted by molar-refractivity contribution is 5.97. The van der Waals surface area contributed by atoms with Crippen LogP contribution < -0.4 is 27.0 Å². The summed E-state index contributed by atoms with van der Waals surface area (Å²) in [5, 5.41) is 48.6. The monoisotopic (exact) mass is 747 g/mol. The van der Waals surface area contributed by atoms with Crippen LogP contribution in [-0.4, -0.2) is 140 Å². The molecule has 18 nitrogen and oxygen atoms in total. The van der Waals surface area contributed by atoms with E-state index in [0.717, 1.165) is 4.90 Å². The van der Waals surface area contributed by atoms with E-state index in [4.69, 9.17) is 5.73 Å². The molecule has 2 saturated heterocycles. The Labute approximate surface area is 307 Å². The summed E-state index contributed by atoms with van der Waals surface area (Å²) in [7, 11) is 0. The summed E-state index contributed by atoms with van der Waals surface area (Å²) in [6.45, 7) is 5.84. The number of aliphatic hydroxyl groups excluding tert-OH is 2. The molecule has 294 valence electrons. The summed E-state index contributed by atoms with van der Waals surface area (Å²) in [5.41, 5.74) is 6.77. The van der Waals surface area contributed by atoms with Gasteiger partial charge in [-0.25, -0.2) is 4.79 Å². The third-order valence-corrected chi connectivity index (χ3v) is 9.32. The summed E-state index contributed by atoms with van der Waals surface area (Å²) < 4.78 is 0. The number of phenols is 1. The zero-order valence-corrected chi connectivity index (χ0v) is 30.5. The minimum absolute atomic E-state index is 0.0688. The average Bonchev–Trinajstić information content (AvgIpc) is 3.80. The van der Waals surface area contributed by atoms with E-state index in [9.17, 15) is 54.0 Å². The van der Waals surface area contributed by atoms with E-state index < -0.39 is 96.4 Å². The molecule has 6 amide bonds. The van der Waals surface area contributed by atoms with Crippen molar-refractivity contribution in [3.63, 3.8) is 0 Å². The lowest BCUT2D eigenvalue weighted by atomic mass is 10.0. The molecule has 0 radical (unpaired) electrons. The van der Waals surface area contributed by atoms with Crippen LogP contribution in [0.3, 0.4) is 0 Å². The van der Waals surface area contributed by atoms with Crippen LogP contribution in [0, 0.1) is 5.92 Å². The topological polar surface area (TPSA) is 281 Å². The van der Waals surface area contributed by atoms with E-state index in [2.05, 4.69) is 21.3 Å². The molecule has 1 aromatic rings. The number of aliphatic carboxylic acids is 1. The number of nitrogens with two attached hydrogens (primary N) is 1. The van der Waals surface area contributed by atoms with E-state index in [1.54, 1.807) is 12.1 Å². The minimum Gasteiger partial charge on any atom is -0.508 e. The molecule has 0 aromatic heterocycles. The Hall–Kier alpha value is -4.81. The normalized spacial score (nSPS) is 20.5. The van der Waals surface area contributed by atoms with Crippen molar-refractivity contribution in [2.45, 2.75) is 115 Å². The van der Waals surface area contributed by atoms with Gasteiger partial charge in [-0.05, 0) is 76.0 Å². The first-order chi connectivity index (χ1) is 24.9. The van der Waals surface area contributed by atoms with Gasteiger partial charge in [-0.1, -0.05) is 26.0 Å². The van der Waals surface area contributed by atoms with E-state index >= 15 is 0 Å². The number of likely N-dealkylation sites (tertiary alicyclic amines) is 2. The third kappa shape index (κ3) is 11.6. The van der Waals surface area contributed by atoms with Crippen molar-refractivity contribution >= 4 is 41.4 Å². The van der Waals surface area contributed by atoms with Crippen LogP contribution in [0.5, 0.6) is 5.75 Å². The average molecular weight is 748 g/mol. The lowest BCUT2D eigenvalue weighted by Gasteiger charge is -2.32.